The number of sulfonamides is 1. The van der Waals surface area contributed by atoms with Crippen LogP contribution in [0.25, 0.3) is 0 Å². The maximum atomic E-state index is 12.9. The van der Waals surface area contributed by atoms with Gasteiger partial charge in [0.2, 0.25) is 15.9 Å². The third-order valence-corrected chi connectivity index (χ3v) is 7.37. The van der Waals surface area contributed by atoms with Crippen LogP contribution in [-0.2, 0) is 14.8 Å². The van der Waals surface area contributed by atoms with Crippen molar-refractivity contribution in [1.82, 2.24) is 14.5 Å². The molecule has 0 radical (unpaired) electrons. The fourth-order valence-corrected chi connectivity index (χ4v) is 5.25. The maximum Gasteiger partial charge on any atom is 0.244 e. The predicted molar refractivity (Wildman–Crippen MR) is 111 cm³/mol. The molecule has 8 nitrogen and oxygen atoms in total. The topological polar surface area (TPSA) is 107 Å². The molecule has 1 aliphatic heterocycles. The van der Waals surface area contributed by atoms with E-state index in [1.807, 2.05) is 37.2 Å². The Balaban J connectivity index is 1.58. The van der Waals surface area contributed by atoms with Crippen LogP contribution in [0.3, 0.4) is 0 Å². The molecule has 1 aromatic heterocycles. The Hall–Kier alpha value is -2.67. The van der Waals surface area contributed by atoms with Gasteiger partial charge in [-0.25, -0.2) is 8.42 Å². The number of hydrogen-bond acceptors (Lipinski definition) is 6. The van der Waals surface area contributed by atoms with Crippen LogP contribution in [0.5, 0.6) is 0 Å². The summed E-state index contributed by atoms with van der Waals surface area (Å²) in [7, 11) is 0.0764. The van der Waals surface area contributed by atoms with Crippen molar-refractivity contribution < 1.29 is 17.6 Å². The highest BCUT2D eigenvalue weighted by Gasteiger charge is 2.33. The van der Waals surface area contributed by atoms with Gasteiger partial charge in [0.1, 0.15) is 11.8 Å². The second kappa shape index (κ2) is 9.43. The number of hydrogen-bond donors (Lipinski definition) is 1. The lowest BCUT2D eigenvalue weighted by molar-refractivity contribution is -0.126. The third-order valence-electron chi connectivity index (χ3n) is 5.41. The predicted octanol–water partition coefficient (Wildman–Crippen LogP) is 1.97. The highest BCUT2D eigenvalue weighted by atomic mass is 32.2. The molecule has 1 aromatic carbocycles. The van der Waals surface area contributed by atoms with Crippen LogP contribution in [-0.4, -0.2) is 57.3 Å². The zero-order valence-corrected chi connectivity index (χ0v) is 17.9. The van der Waals surface area contributed by atoms with Crippen LogP contribution in [0.2, 0.25) is 0 Å². The summed E-state index contributed by atoms with van der Waals surface area (Å²) in [5.74, 6) is 0.447. The SMILES string of the molecule is CN(C)C(CNC(=O)C1CCN(S(=O)(=O)c2ccccc2C#N)CC1)c1ccco1. The van der Waals surface area contributed by atoms with Crippen molar-refractivity contribution in [3.63, 3.8) is 0 Å². The number of amides is 1. The van der Waals surface area contributed by atoms with Gasteiger partial charge in [0.25, 0.3) is 0 Å². The summed E-state index contributed by atoms with van der Waals surface area (Å²) in [6.45, 7) is 0.901. The Kier molecular flexibility index (Phi) is 6.92. The molecule has 0 aliphatic carbocycles. The van der Waals surface area contributed by atoms with Gasteiger partial charge in [0, 0.05) is 25.6 Å². The van der Waals surface area contributed by atoms with Crippen molar-refractivity contribution in [3.8, 4) is 6.07 Å². The van der Waals surface area contributed by atoms with Gasteiger partial charge < -0.3 is 9.73 Å². The van der Waals surface area contributed by atoms with Gasteiger partial charge in [-0.1, -0.05) is 12.1 Å². The van der Waals surface area contributed by atoms with Crippen LogP contribution in [0, 0.1) is 17.2 Å². The molecule has 160 valence electrons. The minimum atomic E-state index is -3.76. The number of piperidine rings is 1. The molecule has 1 aliphatic rings. The molecule has 2 heterocycles. The molecule has 1 saturated heterocycles. The summed E-state index contributed by atoms with van der Waals surface area (Å²) in [6, 6.07) is 11.7. The Morgan fingerprint density at radius 2 is 1.97 bits per heavy atom. The van der Waals surface area contributed by atoms with E-state index in [4.69, 9.17) is 4.42 Å². The number of carbonyl (C=O) groups excluding carboxylic acids is 1. The lowest BCUT2D eigenvalue weighted by Gasteiger charge is -2.31. The number of benzene rings is 1. The van der Waals surface area contributed by atoms with Crippen LogP contribution < -0.4 is 5.32 Å². The van der Waals surface area contributed by atoms with Crippen LogP contribution in [0.15, 0.2) is 52.0 Å². The van der Waals surface area contributed by atoms with Crippen molar-refractivity contribution in [1.29, 1.82) is 5.26 Å². The summed E-state index contributed by atoms with van der Waals surface area (Å²) in [5.41, 5.74) is 0.130. The molecular formula is C21H26N4O4S. The number of nitrogens with one attached hydrogen (secondary N) is 1. The summed E-state index contributed by atoms with van der Waals surface area (Å²) in [6.07, 6.45) is 2.48. The molecule has 9 heteroatoms. The minimum absolute atomic E-state index is 0.0164. The molecule has 3 rings (SSSR count). The minimum Gasteiger partial charge on any atom is -0.468 e. The molecule has 1 atom stereocenters. The number of rotatable bonds is 7. The van der Waals surface area contributed by atoms with Gasteiger partial charge in [-0.05, 0) is 51.2 Å². The third kappa shape index (κ3) is 4.73. The molecule has 1 fully saturated rings. The van der Waals surface area contributed by atoms with E-state index in [0.717, 1.165) is 5.76 Å². The molecular weight excluding hydrogens is 404 g/mol. The first-order valence-corrected chi connectivity index (χ1v) is 11.3. The quantitative estimate of drug-likeness (QED) is 0.720. The van der Waals surface area contributed by atoms with E-state index in [9.17, 15) is 18.5 Å². The monoisotopic (exact) mass is 430 g/mol. The van der Waals surface area contributed by atoms with Crippen molar-refractivity contribution in [3.05, 3.63) is 54.0 Å². The lowest BCUT2D eigenvalue weighted by Crippen LogP contribution is -2.44. The van der Waals surface area contributed by atoms with Crippen molar-refractivity contribution in [2.45, 2.75) is 23.8 Å². The van der Waals surface area contributed by atoms with Crippen LogP contribution in [0.1, 0.15) is 30.2 Å². The standard InChI is InChI=1S/C21H26N4O4S/c1-24(2)18(19-7-5-13-29-19)15-23-21(26)16-9-11-25(12-10-16)30(27,28)20-8-4-3-6-17(20)14-22/h3-8,13,16,18H,9-12,15H2,1-2H3,(H,23,26). The Bertz CT molecular complexity index is 1000. The summed E-state index contributed by atoms with van der Waals surface area (Å²) < 4.78 is 32.7. The average Bonchev–Trinajstić information content (AvgIpc) is 3.28. The van der Waals surface area contributed by atoms with Gasteiger partial charge in [0.15, 0.2) is 0 Å². The summed E-state index contributed by atoms with van der Waals surface area (Å²) >= 11 is 0. The second-order valence-corrected chi connectivity index (χ2v) is 9.43. The second-order valence-electron chi connectivity index (χ2n) is 7.53. The fourth-order valence-electron chi connectivity index (χ4n) is 3.64. The molecule has 2 aromatic rings. The number of nitriles is 1. The summed E-state index contributed by atoms with van der Waals surface area (Å²) in [4.78, 5) is 14.6. The number of furan rings is 1. The van der Waals surface area contributed by atoms with Crippen LogP contribution >= 0.6 is 0 Å². The summed E-state index contributed by atoms with van der Waals surface area (Å²) in [5, 5.41) is 12.2. The molecule has 1 N–H and O–H groups in total. The highest BCUT2D eigenvalue weighted by Crippen LogP contribution is 2.26. The first kappa shape index (κ1) is 22.0. The normalized spacial score (nSPS) is 16.9. The van der Waals surface area contributed by atoms with Gasteiger partial charge in [0.05, 0.1) is 22.8 Å². The van der Waals surface area contributed by atoms with Gasteiger partial charge in [-0.2, -0.15) is 9.57 Å². The van der Waals surface area contributed by atoms with E-state index < -0.39 is 10.0 Å². The highest BCUT2D eigenvalue weighted by molar-refractivity contribution is 7.89. The zero-order valence-electron chi connectivity index (χ0n) is 17.1. The molecule has 1 amide bonds. The molecule has 0 spiro atoms. The average molecular weight is 431 g/mol. The first-order chi connectivity index (χ1) is 14.3. The largest absolute Gasteiger partial charge is 0.468 e. The van der Waals surface area contributed by atoms with Crippen molar-refractivity contribution in [2.24, 2.45) is 5.92 Å². The fraction of sp³-hybridized carbons (Fsp3) is 0.429. The van der Waals surface area contributed by atoms with E-state index in [2.05, 4.69) is 5.32 Å². The maximum absolute atomic E-state index is 12.9. The van der Waals surface area contributed by atoms with Crippen molar-refractivity contribution >= 4 is 15.9 Å². The Labute approximate surface area is 177 Å². The van der Waals surface area contributed by atoms with E-state index in [1.54, 1.807) is 18.4 Å². The zero-order chi connectivity index (χ0) is 21.7. The number of likely N-dealkylation sites (N-methyl/N-ethyl adjacent to an activating group) is 1. The lowest BCUT2D eigenvalue weighted by atomic mass is 9.97. The Morgan fingerprint density at radius 1 is 1.27 bits per heavy atom. The molecule has 0 saturated carbocycles. The van der Waals surface area contributed by atoms with Crippen LogP contribution in [0.4, 0.5) is 0 Å². The van der Waals surface area contributed by atoms with Gasteiger partial charge >= 0.3 is 0 Å². The number of nitrogens with zero attached hydrogens (tertiary/aromatic N) is 3. The Morgan fingerprint density at radius 3 is 2.57 bits per heavy atom. The van der Waals surface area contributed by atoms with E-state index >= 15 is 0 Å². The van der Waals surface area contributed by atoms with E-state index in [0.29, 0.717) is 19.4 Å². The van der Waals surface area contributed by atoms with Crippen molar-refractivity contribution in [2.75, 3.05) is 33.7 Å². The first-order valence-electron chi connectivity index (χ1n) is 9.81. The van der Waals surface area contributed by atoms with Gasteiger partial charge in [-0.15, -0.1) is 0 Å². The van der Waals surface area contributed by atoms with E-state index in [1.165, 1.54) is 16.4 Å². The molecule has 1 unspecified atom stereocenters. The smallest absolute Gasteiger partial charge is 0.244 e. The molecule has 0 bridgehead atoms. The number of carbonyl (C=O) groups is 1. The van der Waals surface area contributed by atoms with Gasteiger partial charge in [-0.3, -0.25) is 9.69 Å². The van der Waals surface area contributed by atoms with E-state index in [-0.39, 0.29) is 41.4 Å². The molecule has 30 heavy (non-hydrogen) atoms.